The zero-order chi connectivity index (χ0) is 15.6. The lowest BCUT2D eigenvalue weighted by Crippen LogP contribution is -2.40. The molecule has 0 unspecified atom stereocenters. The van der Waals surface area contributed by atoms with Crippen molar-refractivity contribution in [3.8, 4) is 0 Å². The number of rotatable bonds is 3. The standard InChI is InChI=1S/C12H13ClN2O5S/c13-10-2-1-8(7-11(10)15(17)18)12(16)14-9-3-5-21(19,20)6-4-9/h1-2,7,9H,3-6H2,(H,14,16). The summed E-state index contributed by atoms with van der Waals surface area (Å²) in [6.07, 6.45) is 0.702. The third-order valence-corrected chi connectivity index (χ3v) is 5.33. The highest BCUT2D eigenvalue weighted by molar-refractivity contribution is 7.91. The van der Waals surface area contributed by atoms with Crippen LogP contribution in [0.5, 0.6) is 0 Å². The van der Waals surface area contributed by atoms with E-state index in [1.54, 1.807) is 0 Å². The minimum atomic E-state index is -3.00. The first-order chi connectivity index (χ1) is 9.78. The van der Waals surface area contributed by atoms with Gasteiger partial charge in [0.15, 0.2) is 0 Å². The highest BCUT2D eigenvalue weighted by Gasteiger charge is 2.25. The normalized spacial score (nSPS) is 18.1. The number of benzene rings is 1. The number of nitro benzene ring substituents is 1. The first-order valence-corrected chi connectivity index (χ1v) is 8.44. The van der Waals surface area contributed by atoms with Crippen molar-refractivity contribution in [1.29, 1.82) is 0 Å². The smallest absolute Gasteiger partial charge is 0.288 e. The van der Waals surface area contributed by atoms with Gasteiger partial charge in [-0.2, -0.15) is 0 Å². The summed E-state index contributed by atoms with van der Waals surface area (Å²) in [6, 6.07) is 3.55. The molecule has 1 aliphatic heterocycles. The lowest BCUT2D eigenvalue weighted by molar-refractivity contribution is -0.384. The Morgan fingerprint density at radius 3 is 2.52 bits per heavy atom. The van der Waals surface area contributed by atoms with Crippen molar-refractivity contribution in [3.63, 3.8) is 0 Å². The molecule has 0 radical (unpaired) electrons. The van der Waals surface area contributed by atoms with E-state index in [2.05, 4.69) is 5.32 Å². The summed E-state index contributed by atoms with van der Waals surface area (Å²) in [5.74, 6) is -0.392. The molecule has 0 spiro atoms. The van der Waals surface area contributed by atoms with Crippen LogP contribution in [0.1, 0.15) is 23.2 Å². The number of sulfone groups is 1. The molecule has 7 nitrogen and oxygen atoms in total. The van der Waals surface area contributed by atoms with Crippen LogP contribution >= 0.6 is 11.6 Å². The van der Waals surface area contributed by atoms with E-state index in [9.17, 15) is 23.3 Å². The molecule has 1 N–H and O–H groups in total. The first-order valence-electron chi connectivity index (χ1n) is 6.24. The molecule has 114 valence electrons. The van der Waals surface area contributed by atoms with Crippen LogP contribution in [0.25, 0.3) is 0 Å². The van der Waals surface area contributed by atoms with E-state index in [0.29, 0.717) is 12.8 Å². The molecule has 1 saturated heterocycles. The highest BCUT2D eigenvalue weighted by atomic mass is 35.5. The minimum absolute atomic E-state index is 0.0404. The molecular weight excluding hydrogens is 320 g/mol. The van der Waals surface area contributed by atoms with Crippen LogP contribution in [-0.4, -0.2) is 36.8 Å². The molecule has 1 aliphatic rings. The maximum absolute atomic E-state index is 12.0. The molecular formula is C12H13ClN2O5S. The van der Waals surface area contributed by atoms with Gasteiger partial charge in [0.05, 0.1) is 16.4 Å². The van der Waals surface area contributed by atoms with Crippen LogP contribution in [0.4, 0.5) is 5.69 Å². The Hall–Kier alpha value is -1.67. The van der Waals surface area contributed by atoms with E-state index in [1.165, 1.54) is 12.1 Å². The van der Waals surface area contributed by atoms with Gasteiger partial charge in [0.1, 0.15) is 14.9 Å². The summed E-state index contributed by atoms with van der Waals surface area (Å²) in [7, 11) is -3.00. The Labute approximate surface area is 126 Å². The number of hydrogen-bond donors (Lipinski definition) is 1. The van der Waals surface area contributed by atoms with E-state index >= 15 is 0 Å². The van der Waals surface area contributed by atoms with Crippen LogP contribution < -0.4 is 5.32 Å². The fourth-order valence-corrected chi connectivity index (χ4v) is 3.77. The second-order valence-electron chi connectivity index (χ2n) is 4.82. The van der Waals surface area contributed by atoms with Gasteiger partial charge >= 0.3 is 0 Å². The summed E-state index contributed by atoms with van der Waals surface area (Å²) in [4.78, 5) is 22.2. The minimum Gasteiger partial charge on any atom is -0.349 e. The molecule has 0 bridgehead atoms. The molecule has 21 heavy (non-hydrogen) atoms. The van der Waals surface area contributed by atoms with E-state index in [4.69, 9.17) is 11.6 Å². The molecule has 1 fully saturated rings. The molecule has 0 aliphatic carbocycles. The van der Waals surface area contributed by atoms with Gasteiger partial charge in [-0.25, -0.2) is 8.42 Å². The van der Waals surface area contributed by atoms with Crippen molar-refractivity contribution in [2.45, 2.75) is 18.9 Å². The first kappa shape index (κ1) is 15.7. The fourth-order valence-electron chi connectivity index (χ4n) is 2.10. The summed E-state index contributed by atoms with van der Waals surface area (Å²) in [6.45, 7) is 0. The average molecular weight is 333 g/mol. The van der Waals surface area contributed by atoms with Crippen LogP contribution in [0.15, 0.2) is 18.2 Å². The number of hydrogen-bond acceptors (Lipinski definition) is 5. The van der Waals surface area contributed by atoms with Crippen molar-refractivity contribution in [2.24, 2.45) is 0 Å². The van der Waals surface area contributed by atoms with Crippen molar-refractivity contribution < 1.29 is 18.1 Å². The Morgan fingerprint density at radius 1 is 1.33 bits per heavy atom. The molecule has 1 heterocycles. The SMILES string of the molecule is O=C(NC1CCS(=O)(=O)CC1)c1ccc(Cl)c([N+](=O)[O-])c1. The lowest BCUT2D eigenvalue weighted by atomic mass is 10.1. The third kappa shape index (κ3) is 3.92. The predicted octanol–water partition coefficient (Wildman–Crippen LogP) is 1.56. The zero-order valence-corrected chi connectivity index (χ0v) is 12.5. The fraction of sp³-hybridized carbons (Fsp3) is 0.417. The van der Waals surface area contributed by atoms with Gasteiger partial charge in [0, 0.05) is 17.7 Å². The second-order valence-corrected chi connectivity index (χ2v) is 7.53. The molecule has 0 saturated carbocycles. The number of carbonyl (C=O) groups excluding carboxylic acids is 1. The van der Waals surface area contributed by atoms with Crippen LogP contribution in [0.2, 0.25) is 5.02 Å². The maximum Gasteiger partial charge on any atom is 0.288 e. The topological polar surface area (TPSA) is 106 Å². The van der Waals surface area contributed by atoms with Crippen molar-refractivity contribution in [1.82, 2.24) is 5.32 Å². The Morgan fingerprint density at radius 2 is 1.95 bits per heavy atom. The van der Waals surface area contributed by atoms with Crippen molar-refractivity contribution >= 4 is 33.0 Å². The highest BCUT2D eigenvalue weighted by Crippen LogP contribution is 2.25. The van der Waals surface area contributed by atoms with Gasteiger partial charge in [-0.15, -0.1) is 0 Å². The van der Waals surface area contributed by atoms with Gasteiger partial charge < -0.3 is 5.32 Å². The largest absolute Gasteiger partial charge is 0.349 e. The number of nitro groups is 1. The van der Waals surface area contributed by atoms with Crippen molar-refractivity contribution in [3.05, 3.63) is 38.9 Å². The third-order valence-electron chi connectivity index (χ3n) is 3.29. The number of nitrogens with one attached hydrogen (secondary N) is 1. The maximum atomic E-state index is 12.0. The van der Waals surface area contributed by atoms with Gasteiger partial charge in [-0.1, -0.05) is 11.6 Å². The van der Waals surface area contributed by atoms with Crippen LogP contribution in [-0.2, 0) is 9.84 Å². The molecule has 1 aromatic rings. The number of carbonyl (C=O) groups is 1. The van der Waals surface area contributed by atoms with Gasteiger partial charge in [-0.05, 0) is 25.0 Å². The summed E-state index contributed by atoms with van der Waals surface area (Å²) < 4.78 is 22.6. The average Bonchev–Trinajstić information content (AvgIpc) is 2.41. The van der Waals surface area contributed by atoms with E-state index in [1.807, 2.05) is 0 Å². The molecule has 2 rings (SSSR count). The summed E-state index contributed by atoms with van der Waals surface area (Å²) >= 11 is 5.68. The number of amides is 1. The van der Waals surface area contributed by atoms with Crippen molar-refractivity contribution in [2.75, 3.05) is 11.5 Å². The monoisotopic (exact) mass is 332 g/mol. The van der Waals surface area contributed by atoms with Gasteiger partial charge in [0.25, 0.3) is 11.6 Å². The molecule has 1 amide bonds. The summed E-state index contributed by atoms with van der Waals surface area (Å²) in [5.41, 5.74) is -0.213. The quantitative estimate of drug-likeness (QED) is 0.667. The Balaban J connectivity index is 2.07. The lowest BCUT2D eigenvalue weighted by Gasteiger charge is -2.23. The zero-order valence-electron chi connectivity index (χ0n) is 10.9. The number of nitrogens with zero attached hydrogens (tertiary/aromatic N) is 1. The van der Waals surface area contributed by atoms with E-state index < -0.39 is 20.7 Å². The molecule has 1 aromatic carbocycles. The second kappa shape index (κ2) is 5.98. The van der Waals surface area contributed by atoms with Gasteiger partial charge in [-0.3, -0.25) is 14.9 Å². The predicted molar refractivity (Wildman–Crippen MR) is 77.2 cm³/mol. The molecule has 0 atom stereocenters. The Kier molecular flexibility index (Phi) is 4.48. The van der Waals surface area contributed by atoms with E-state index in [-0.39, 0.29) is 33.8 Å². The van der Waals surface area contributed by atoms with Gasteiger partial charge in [0.2, 0.25) is 0 Å². The number of halogens is 1. The summed E-state index contributed by atoms with van der Waals surface area (Å²) in [5, 5.41) is 13.4. The van der Waals surface area contributed by atoms with Crippen LogP contribution in [0.3, 0.4) is 0 Å². The van der Waals surface area contributed by atoms with E-state index in [0.717, 1.165) is 6.07 Å². The molecule has 0 aromatic heterocycles. The Bertz CT molecular complexity index is 675. The van der Waals surface area contributed by atoms with Crippen LogP contribution in [0, 0.1) is 10.1 Å². The molecule has 9 heteroatoms.